The van der Waals surface area contributed by atoms with E-state index < -0.39 is 0 Å². The number of thiophene rings is 1. The first-order chi connectivity index (χ1) is 12.9. The third kappa shape index (κ3) is 1.96. The maximum absolute atomic E-state index is 3.54. The fraction of sp³-hybridized carbons (Fsp3) is 0.0833. The number of hydrogen-bond donors (Lipinski definition) is 1. The molecule has 0 radical (unpaired) electrons. The van der Waals surface area contributed by atoms with E-state index in [4.69, 9.17) is 0 Å². The van der Waals surface area contributed by atoms with Gasteiger partial charge in [-0.2, -0.15) is 0 Å². The molecular weight excluding hydrogens is 334 g/mol. The van der Waals surface area contributed by atoms with Crippen molar-refractivity contribution in [1.82, 2.24) is 4.98 Å². The molecule has 0 aliphatic heterocycles. The highest BCUT2D eigenvalue weighted by molar-refractivity contribution is 7.19. The predicted molar refractivity (Wildman–Crippen MR) is 113 cm³/mol. The molecule has 5 aromatic rings. The van der Waals surface area contributed by atoms with Crippen molar-refractivity contribution < 1.29 is 0 Å². The zero-order chi connectivity index (χ0) is 17.1. The highest BCUT2D eigenvalue weighted by Crippen LogP contribution is 2.44. The van der Waals surface area contributed by atoms with Crippen LogP contribution in [0.4, 0.5) is 0 Å². The molecule has 0 saturated carbocycles. The SMILES string of the molecule is C1=Cc2c(sc3ccccc23)C(c2ccc3[nH]c4ccccc4c3c2)C1. The Labute approximate surface area is 155 Å². The van der Waals surface area contributed by atoms with Gasteiger partial charge in [0.25, 0.3) is 0 Å². The third-order valence-corrected chi connectivity index (χ3v) is 6.87. The normalized spacial score (nSPS) is 16.5. The van der Waals surface area contributed by atoms with Crippen molar-refractivity contribution in [2.24, 2.45) is 0 Å². The zero-order valence-corrected chi connectivity index (χ0v) is 15.0. The number of nitrogens with one attached hydrogen (secondary N) is 1. The first-order valence-electron chi connectivity index (χ1n) is 9.07. The molecule has 1 unspecified atom stereocenters. The molecule has 1 N–H and O–H groups in total. The molecule has 0 bridgehead atoms. The number of fused-ring (bicyclic) bond motifs is 6. The van der Waals surface area contributed by atoms with Crippen LogP contribution in [0, 0.1) is 0 Å². The van der Waals surface area contributed by atoms with Crippen LogP contribution in [0.3, 0.4) is 0 Å². The van der Waals surface area contributed by atoms with Gasteiger partial charge in [0.05, 0.1) is 0 Å². The summed E-state index contributed by atoms with van der Waals surface area (Å²) in [5, 5.41) is 4.03. The molecule has 3 aromatic carbocycles. The summed E-state index contributed by atoms with van der Waals surface area (Å²) >= 11 is 1.95. The summed E-state index contributed by atoms with van der Waals surface area (Å²) in [6.45, 7) is 0. The average molecular weight is 351 g/mol. The first kappa shape index (κ1) is 14.3. The van der Waals surface area contributed by atoms with Gasteiger partial charge >= 0.3 is 0 Å². The highest BCUT2D eigenvalue weighted by Gasteiger charge is 2.23. The second-order valence-electron chi connectivity index (χ2n) is 7.04. The van der Waals surface area contributed by atoms with Crippen molar-refractivity contribution in [2.75, 3.05) is 0 Å². The lowest BCUT2D eigenvalue weighted by atomic mass is 9.87. The van der Waals surface area contributed by atoms with Crippen LogP contribution in [0.5, 0.6) is 0 Å². The Balaban J connectivity index is 1.57. The van der Waals surface area contributed by atoms with Crippen LogP contribution in [0.1, 0.15) is 28.3 Å². The van der Waals surface area contributed by atoms with Crippen LogP contribution in [0.2, 0.25) is 0 Å². The van der Waals surface area contributed by atoms with Crippen LogP contribution in [-0.4, -0.2) is 4.98 Å². The van der Waals surface area contributed by atoms with Crippen molar-refractivity contribution in [3.05, 3.63) is 88.8 Å². The topological polar surface area (TPSA) is 15.8 Å². The number of H-pyrrole nitrogens is 1. The number of aromatic nitrogens is 1. The maximum atomic E-state index is 3.54. The fourth-order valence-corrected chi connectivity index (χ4v) is 5.65. The molecule has 2 heteroatoms. The van der Waals surface area contributed by atoms with E-state index in [2.05, 4.69) is 83.9 Å². The van der Waals surface area contributed by atoms with E-state index in [0.29, 0.717) is 5.92 Å². The van der Waals surface area contributed by atoms with Gasteiger partial charge in [-0.05, 0) is 47.2 Å². The molecule has 0 spiro atoms. The summed E-state index contributed by atoms with van der Waals surface area (Å²) in [4.78, 5) is 5.04. The second-order valence-corrected chi connectivity index (χ2v) is 8.13. The molecule has 124 valence electrons. The van der Waals surface area contributed by atoms with E-state index in [1.54, 1.807) is 0 Å². The monoisotopic (exact) mass is 351 g/mol. The smallest absolute Gasteiger partial charge is 0.0465 e. The van der Waals surface area contributed by atoms with Gasteiger partial charge in [0.1, 0.15) is 0 Å². The van der Waals surface area contributed by atoms with E-state index in [-0.39, 0.29) is 0 Å². The summed E-state index contributed by atoms with van der Waals surface area (Å²) in [7, 11) is 0. The molecule has 1 atom stereocenters. The number of rotatable bonds is 1. The van der Waals surface area contributed by atoms with Gasteiger partial charge in [-0.15, -0.1) is 11.3 Å². The molecule has 2 heterocycles. The van der Waals surface area contributed by atoms with Gasteiger partial charge in [-0.25, -0.2) is 0 Å². The molecule has 0 saturated heterocycles. The summed E-state index contributed by atoms with van der Waals surface area (Å²) < 4.78 is 1.39. The van der Waals surface area contributed by atoms with Gasteiger partial charge in [0, 0.05) is 37.3 Å². The van der Waals surface area contributed by atoms with Gasteiger partial charge < -0.3 is 4.98 Å². The van der Waals surface area contributed by atoms with Crippen molar-refractivity contribution in [2.45, 2.75) is 12.3 Å². The van der Waals surface area contributed by atoms with E-state index in [1.807, 2.05) is 11.3 Å². The maximum Gasteiger partial charge on any atom is 0.0465 e. The zero-order valence-electron chi connectivity index (χ0n) is 14.2. The second kappa shape index (κ2) is 5.33. The van der Waals surface area contributed by atoms with E-state index in [0.717, 1.165) is 6.42 Å². The van der Waals surface area contributed by atoms with E-state index >= 15 is 0 Å². The van der Waals surface area contributed by atoms with Crippen LogP contribution >= 0.6 is 11.3 Å². The summed E-state index contributed by atoms with van der Waals surface area (Å²) in [5.74, 6) is 0.450. The molecule has 6 rings (SSSR count). The van der Waals surface area contributed by atoms with Crippen molar-refractivity contribution in [1.29, 1.82) is 0 Å². The van der Waals surface area contributed by atoms with Crippen LogP contribution in [0.15, 0.2) is 72.8 Å². The minimum Gasteiger partial charge on any atom is -0.355 e. The Morgan fingerprint density at radius 3 is 2.58 bits per heavy atom. The number of para-hydroxylation sites is 1. The minimum atomic E-state index is 0.450. The molecule has 26 heavy (non-hydrogen) atoms. The lowest BCUT2D eigenvalue weighted by molar-refractivity contribution is 0.842. The summed E-state index contributed by atoms with van der Waals surface area (Å²) in [6, 6.07) is 24.3. The summed E-state index contributed by atoms with van der Waals surface area (Å²) in [5.41, 5.74) is 5.27. The van der Waals surface area contributed by atoms with Crippen LogP contribution in [0.25, 0.3) is 38.0 Å². The molecule has 2 aromatic heterocycles. The summed E-state index contributed by atoms with van der Waals surface area (Å²) in [6.07, 6.45) is 5.73. The van der Waals surface area contributed by atoms with Gasteiger partial charge in [0.2, 0.25) is 0 Å². The first-order valence-corrected chi connectivity index (χ1v) is 9.88. The molecule has 1 aliphatic rings. The lowest BCUT2D eigenvalue weighted by Gasteiger charge is -2.19. The van der Waals surface area contributed by atoms with E-state index in [1.165, 1.54) is 47.9 Å². The van der Waals surface area contributed by atoms with Crippen molar-refractivity contribution in [3.8, 4) is 0 Å². The highest BCUT2D eigenvalue weighted by atomic mass is 32.1. The van der Waals surface area contributed by atoms with Gasteiger partial charge in [-0.3, -0.25) is 0 Å². The van der Waals surface area contributed by atoms with Crippen LogP contribution in [-0.2, 0) is 0 Å². The molecule has 0 amide bonds. The minimum absolute atomic E-state index is 0.450. The number of aromatic amines is 1. The lowest BCUT2D eigenvalue weighted by Crippen LogP contribution is -2.02. The quantitative estimate of drug-likeness (QED) is 0.332. The predicted octanol–water partition coefficient (Wildman–Crippen LogP) is 7.08. The fourth-order valence-electron chi connectivity index (χ4n) is 4.31. The number of benzene rings is 3. The van der Waals surface area contributed by atoms with Crippen LogP contribution < -0.4 is 0 Å². The third-order valence-electron chi connectivity index (χ3n) is 5.57. The van der Waals surface area contributed by atoms with Crippen molar-refractivity contribution >= 4 is 49.3 Å². The Morgan fingerprint density at radius 1 is 0.808 bits per heavy atom. The Bertz CT molecular complexity index is 1320. The van der Waals surface area contributed by atoms with E-state index in [9.17, 15) is 0 Å². The van der Waals surface area contributed by atoms with Gasteiger partial charge in [-0.1, -0.05) is 54.6 Å². The molecular formula is C24H17NS. The largest absolute Gasteiger partial charge is 0.355 e. The molecule has 1 aliphatic carbocycles. The average Bonchev–Trinajstić information content (AvgIpc) is 3.25. The number of hydrogen-bond acceptors (Lipinski definition) is 1. The molecule has 0 fully saturated rings. The Hall–Kier alpha value is -2.84. The Morgan fingerprint density at radius 2 is 1.62 bits per heavy atom. The number of allylic oxidation sites excluding steroid dienone is 1. The standard InChI is InChI=1S/C24H17NS/c1-3-10-21-17(6-1)20-14-15(12-13-22(20)25-21)16-8-5-9-19-18-7-2-4-11-23(18)26-24(16)19/h1-7,9-14,16,25H,8H2. The van der Waals surface area contributed by atoms with Crippen molar-refractivity contribution in [3.63, 3.8) is 0 Å². The molecule has 1 nitrogen and oxygen atoms in total. The Kier molecular flexibility index (Phi) is 2.94. The van der Waals surface area contributed by atoms with Gasteiger partial charge in [0.15, 0.2) is 0 Å².